The third kappa shape index (κ3) is 35.8. The molecular formula is C54H108N4O6. The highest BCUT2D eigenvalue weighted by atomic mass is 16.3. The van der Waals surface area contributed by atoms with Gasteiger partial charge < -0.3 is 31.1 Å². The lowest BCUT2D eigenvalue weighted by Crippen LogP contribution is -2.61. The molecule has 10 nitrogen and oxygen atoms in total. The first kappa shape index (κ1) is 60.7. The third-order valence-electron chi connectivity index (χ3n) is 13.6. The van der Waals surface area contributed by atoms with E-state index in [-0.39, 0.29) is 11.8 Å². The van der Waals surface area contributed by atoms with E-state index in [1.165, 1.54) is 135 Å². The van der Waals surface area contributed by atoms with Gasteiger partial charge in [0, 0.05) is 26.2 Å². The molecule has 1 aliphatic heterocycles. The molecular weight excluding hydrogens is 801 g/mol. The molecule has 0 radical (unpaired) electrons. The van der Waals surface area contributed by atoms with Gasteiger partial charge in [-0.1, -0.05) is 194 Å². The molecule has 0 bridgehead atoms. The number of unbranched alkanes of at least 4 members (excludes halogenated alkanes) is 26. The van der Waals surface area contributed by atoms with Crippen LogP contribution in [0.5, 0.6) is 0 Å². The summed E-state index contributed by atoms with van der Waals surface area (Å²) in [6, 6.07) is -1.08. The Kier molecular flexibility index (Phi) is 40.8. The van der Waals surface area contributed by atoms with E-state index < -0.39 is 36.5 Å². The van der Waals surface area contributed by atoms with E-state index in [1.807, 2.05) is 0 Å². The molecule has 0 saturated carbocycles. The minimum Gasteiger partial charge on any atom is -0.392 e. The van der Waals surface area contributed by atoms with Crippen LogP contribution in [0.15, 0.2) is 0 Å². The summed E-state index contributed by atoms with van der Waals surface area (Å²) >= 11 is 0. The summed E-state index contributed by atoms with van der Waals surface area (Å²) in [6.07, 6.45) is 39.0. The Labute approximate surface area is 395 Å². The highest BCUT2D eigenvalue weighted by Crippen LogP contribution is 2.17. The first-order valence-electron chi connectivity index (χ1n) is 27.9. The van der Waals surface area contributed by atoms with Crippen LogP contribution in [-0.4, -0.2) is 118 Å². The highest BCUT2D eigenvalue weighted by molar-refractivity contribution is 5.96. The molecule has 2 amide bonds. The quantitative estimate of drug-likeness (QED) is 0.0331. The van der Waals surface area contributed by atoms with Crippen molar-refractivity contribution in [3.05, 3.63) is 0 Å². The first-order valence-corrected chi connectivity index (χ1v) is 27.9. The second kappa shape index (κ2) is 43.0. The minimum absolute atomic E-state index is 0.121. The largest absolute Gasteiger partial charge is 0.392 e. The monoisotopic (exact) mass is 909 g/mol. The molecule has 6 N–H and O–H groups in total. The van der Waals surface area contributed by atoms with Gasteiger partial charge in [-0.25, -0.2) is 0 Å². The second-order valence-electron chi connectivity index (χ2n) is 20.3. The van der Waals surface area contributed by atoms with Crippen LogP contribution in [0.3, 0.4) is 0 Å². The summed E-state index contributed by atoms with van der Waals surface area (Å²) in [5.74, 6) is -0.243. The predicted octanol–water partition coefficient (Wildman–Crippen LogP) is 11.1. The standard InChI is InChI=1S/C54H108N4O6/c1-5-8-11-14-17-20-23-26-29-36-48(60)44-57(43-47(4)59)41-34-32-39-51-53(63)56-52(54(64)55-51)40-33-35-42-58(45-49(61)37-30-27-24-21-18-15-12-9-6-2)46-50(62)38-31-28-25-22-19-16-13-10-7-3/h47-52,59-62H,5-46H2,1-4H3,(H,55,64)(H,56,63). The van der Waals surface area contributed by atoms with Crippen molar-refractivity contribution in [2.45, 2.75) is 295 Å². The number of carbonyl (C=O) groups is 2. The lowest BCUT2D eigenvalue weighted by Gasteiger charge is -2.31. The summed E-state index contributed by atoms with van der Waals surface area (Å²) in [5.41, 5.74) is 0. The van der Waals surface area contributed by atoms with Crippen molar-refractivity contribution in [1.29, 1.82) is 0 Å². The second-order valence-corrected chi connectivity index (χ2v) is 20.3. The zero-order valence-electron chi connectivity index (χ0n) is 42.7. The van der Waals surface area contributed by atoms with Gasteiger partial charge in [0.15, 0.2) is 0 Å². The van der Waals surface area contributed by atoms with Crippen molar-refractivity contribution < 1.29 is 30.0 Å². The van der Waals surface area contributed by atoms with E-state index >= 15 is 0 Å². The van der Waals surface area contributed by atoms with Crippen molar-refractivity contribution in [3.63, 3.8) is 0 Å². The topological polar surface area (TPSA) is 146 Å². The summed E-state index contributed by atoms with van der Waals surface area (Å²) in [7, 11) is 0. The van der Waals surface area contributed by atoms with Crippen LogP contribution >= 0.6 is 0 Å². The number of carbonyl (C=O) groups excluding carboxylic acids is 2. The molecule has 0 aromatic heterocycles. The van der Waals surface area contributed by atoms with Gasteiger partial charge in [-0.15, -0.1) is 0 Å². The summed E-state index contributed by atoms with van der Waals surface area (Å²) in [6.45, 7) is 12.2. The molecule has 0 spiro atoms. The highest BCUT2D eigenvalue weighted by Gasteiger charge is 2.33. The van der Waals surface area contributed by atoms with Gasteiger partial charge >= 0.3 is 0 Å². The normalized spacial score (nSPS) is 17.5. The molecule has 10 heteroatoms. The van der Waals surface area contributed by atoms with Crippen LogP contribution in [-0.2, 0) is 9.59 Å². The lowest BCUT2D eigenvalue weighted by molar-refractivity contribution is -0.137. The number of nitrogens with zero attached hydrogens (tertiary/aromatic N) is 2. The van der Waals surface area contributed by atoms with Crippen molar-refractivity contribution in [2.24, 2.45) is 0 Å². The Morgan fingerprint density at radius 1 is 0.391 bits per heavy atom. The maximum atomic E-state index is 13.1. The number of aliphatic hydroxyl groups is 4. The number of rotatable bonds is 48. The number of hydrogen-bond donors (Lipinski definition) is 6. The Balaban J connectivity index is 2.47. The molecule has 64 heavy (non-hydrogen) atoms. The van der Waals surface area contributed by atoms with E-state index in [0.29, 0.717) is 39.0 Å². The molecule has 380 valence electrons. The number of aliphatic hydroxyl groups excluding tert-OH is 4. The average molecular weight is 909 g/mol. The Morgan fingerprint density at radius 3 is 0.938 bits per heavy atom. The molecule has 1 fully saturated rings. The van der Waals surface area contributed by atoms with Crippen molar-refractivity contribution in [3.8, 4) is 0 Å². The molecule has 6 atom stereocenters. The van der Waals surface area contributed by atoms with Crippen LogP contribution in [0, 0.1) is 0 Å². The van der Waals surface area contributed by atoms with E-state index in [2.05, 4.69) is 41.2 Å². The summed E-state index contributed by atoms with van der Waals surface area (Å²) < 4.78 is 0. The van der Waals surface area contributed by atoms with Crippen LogP contribution in [0.1, 0.15) is 259 Å². The van der Waals surface area contributed by atoms with Crippen LogP contribution in [0.4, 0.5) is 0 Å². The Bertz CT molecular complexity index is 1020. The van der Waals surface area contributed by atoms with Crippen LogP contribution in [0.25, 0.3) is 0 Å². The van der Waals surface area contributed by atoms with E-state index in [0.717, 1.165) is 96.6 Å². The maximum absolute atomic E-state index is 13.1. The minimum atomic E-state index is -0.541. The lowest BCUT2D eigenvalue weighted by atomic mass is 10.0. The van der Waals surface area contributed by atoms with Gasteiger partial charge in [-0.3, -0.25) is 19.4 Å². The summed E-state index contributed by atoms with van der Waals surface area (Å²) in [4.78, 5) is 30.6. The molecule has 0 aromatic rings. The molecule has 0 aromatic carbocycles. The van der Waals surface area contributed by atoms with Gasteiger partial charge in [0.1, 0.15) is 12.1 Å². The SMILES string of the molecule is CCCCCCCCCCCC(O)CN(CCCCC1NC(=O)C(CCCCN(CC(O)CCCCCCCCCCC)CC(O)CCCCCCCCCCC)NC1=O)CC(C)O. The van der Waals surface area contributed by atoms with Gasteiger partial charge in [-0.05, 0) is 77.8 Å². The zero-order valence-corrected chi connectivity index (χ0v) is 42.7. The first-order chi connectivity index (χ1) is 31.1. The van der Waals surface area contributed by atoms with Crippen molar-refractivity contribution in [1.82, 2.24) is 20.4 Å². The third-order valence-corrected chi connectivity index (χ3v) is 13.6. The number of nitrogens with one attached hydrogen (secondary N) is 2. The molecule has 1 heterocycles. The molecule has 1 aliphatic rings. The van der Waals surface area contributed by atoms with E-state index in [4.69, 9.17) is 0 Å². The molecule has 1 saturated heterocycles. The number of amides is 2. The van der Waals surface area contributed by atoms with E-state index in [1.54, 1.807) is 6.92 Å². The van der Waals surface area contributed by atoms with Gasteiger partial charge in [0.2, 0.25) is 11.8 Å². The van der Waals surface area contributed by atoms with Crippen molar-refractivity contribution >= 4 is 11.8 Å². The van der Waals surface area contributed by atoms with Gasteiger partial charge in [0.05, 0.1) is 24.4 Å². The zero-order chi connectivity index (χ0) is 46.9. The Morgan fingerprint density at radius 2 is 0.656 bits per heavy atom. The van der Waals surface area contributed by atoms with Crippen LogP contribution < -0.4 is 10.6 Å². The summed E-state index contributed by atoms with van der Waals surface area (Å²) in [5, 5.41) is 48.9. The molecule has 0 aliphatic carbocycles. The molecule has 6 unspecified atom stereocenters. The van der Waals surface area contributed by atoms with Crippen molar-refractivity contribution in [2.75, 3.05) is 39.3 Å². The van der Waals surface area contributed by atoms with Gasteiger partial charge in [-0.2, -0.15) is 0 Å². The fourth-order valence-electron chi connectivity index (χ4n) is 9.58. The smallest absolute Gasteiger partial charge is 0.243 e. The van der Waals surface area contributed by atoms with Crippen LogP contribution in [0.2, 0.25) is 0 Å². The maximum Gasteiger partial charge on any atom is 0.243 e. The van der Waals surface area contributed by atoms with E-state index in [9.17, 15) is 30.0 Å². The number of piperazine rings is 1. The Hall–Kier alpha value is -1.30. The fraction of sp³-hybridized carbons (Fsp3) is 0.963. The number of hydrogen-bond acceptors (Lipinski definition) is 8. The van der Waals surface area contributed by atoms with Gasteiger partial charge in [0.25, 0.3) is 0 Å². The predicted molar refractivity (Wildman–Crippen MR) is 270 cm³/mol. The molecule has 1 rings (SSSR count). The fourth-order valence-corrected chi connectivity index (χ4v) is 9.58. The average Bonchev–Trinajstić information content (AvgIpc) is 3.25.